The Morgan fingerprint density at radius 1 is 1.27 bits per heavy atom. The number of aromatic nitrogens is 2. The molecule has 1 aromatic heterocycles. The molecule has 0 saturated carbocycles. The molecule has 0 aliphatic rings. The van der Waals surface area contributed by atoms with E-state index in [1.807, 2.05) is 27.7 Å². The number of aryl methyl sites for hydroxylation is 1. The first-order valence-corrected chi connectivity index (χ1v) is 9.18. The molecule has 0 aliphatic heterocycles. The summed E-state index contributed by atoms with van der Waals surface area (Å²) in [6.45, 7) is 9.19. The highest BCUT2D eigenvalue weighted by Gasteiger charge is 2.29. The second-order valence-corrected chi connectivity index (χ2v) is 8.70. The number of hydrogen-bond donors (Lipinski definition) is 1. The molecule has 0 bridgehead atoms. The van der Waals surface area contributed by atoms with E-state index in [9.17, 15) is 13.2 Å². The predicted molar refractivity (Wildman–Crippen MR) is 87.6 cm³/mol. The molecule has 0 aliphatic carbocycles. The Labute approximate surface area is 137 Å². The average Bonchev–Trinajstić information content (AvgIpc) is 2.64. The van der Waals surface area contributed by atoms with Crippen molar-refractivity contribution in [3.63, 3.8) is 0 Å². The fraction of sp³-hybridized carbons (Fsp3) is 0.714. The normalized spacial score (nSPS) is 13.7. The number of hydrogen-bond acceptors (Lipinski definition) is 4. The third-order valence-electron chi connectivity index (χ3n) is 3.35. The summed E-state index contributed by atoms with van der Waals surface area (Å²) in [5.74, 6) is -0.553. The van der Waals surface area contributed by atoms with Gasteiger partial charge in [-0.05, 0) is 25.2 Å². The van der Waals surface area contributed by atoms with Gasteiger partial charge in [0.1, 0.15) is 10.7 Å². The second-order valence-electron chi connectivity index (χ2n) is 6.25. The van der Waals surface area contributed by atoms with Gasteiger partial charge >= 0.3 is 0 Å². The van der Waals surface area contributed by atoms with Crippen molar-refractivity contribution in [1.82, 2.24) is 14.5 Å². The Morgan fingerprint density at radius 3 is 2.27 bits per heavy atom. The van der Waals surface area contributed by atoms with Crippen LogP contribution in [-0.2, 0) is 17.1 Å². The molecule has 126 valence electrons. The Morgan fingerprint density at radius 2 is 1.82 bits per heavy atom. The van der Waals surface area contributed by atoms with E-state index in [1.165, 1.54) is 4.68 Å². The first-order valence-electron chi connectivity index (χ1n) is 7.25. The number of halogens is 1. The lowest BCUT2D eigenvalue weighted by Crippen LogP contribution is -2.38. The van der Waals surface area contributed by atoms with Crippen LogP contribution in [0.25, 0.3) is 0 Å². The number of carbonyl (C=O) groups is 1. The van der Waals surface area contributed by atoms with Gasteiger partial charge in [-0.25, -0.2) is 13.1 Å². The van der Waals surface area contributed by atoms with E-state index in [0.717, 1.165) is 0 Å². The van der Waals surface area contributed by atoms with Crippen LogP contribution in [0.1, 0.15) is 63.0 Å². The molecule has 1 heterocycles. The van der Waals surface area contributed by atoms with Gasteiger partial charge in [0, 0.05) is 7.05 Å². The fourth-order valence-corrected chi connectivity index (χ4v) is 3.63. The quantitative estimate of drug-likeness (QED) is 0.856. The Balaban J connectivity index is 3.08. The lowest BCUT2D eigenvalue weighted by Gasteiger charge is -2.16. The zero-order valence-corrected chi connectivity index (χ0v) is 15.4. The van der Waals surface area contributed by atoms with Crippen LogP contribution in [0.15, 0.2) is 0 Å². The molecule has 6 nitrogen and oxygen atoms in total. The van der Waals surface area contributed by atoms with Crippen LogP contribution in [0, 0.1) is 5.92 Å². The molecule has 1 amide bonds. The van der Waals surface area contributed by atoms with Crippen LogP contribution in [0.5, 0.6) is 0 Å². The van der Waals surface area contributed by atoms with Gasteiger partial charge in [0.2, 0.25) is 10.0 Å². The van der Waals surface area contributed by atoms with Crippen LogP contribution in [0.3, 0.4) is 0 Å². The number of nitrogens with one attached hydrogen (secondary N) is 1. The lowest BCUT2D eigenvalue weighted by atomic mass is 10.1. The minimum atomic E-state index is -3.75. The monoisotopic (exact) mass is 349 g/mol. The van der Waals surface area contributed by atoms with Crippen molar-refractivity contribution in [3.05, 3.63) is 16.4 Å². The molecule has 0 spiro atoms. The maximum absolute atomic E-state index is 12.4. The van der Waals surface area contributed by atoms with E-state index in [4.69, 9.17) is 11.6 Å². The zero-order chi connectivity index (χ0) is 17.2. The maximum atomic E-state index is 12.4. The van der Waals surface area contributed by atoms with Crippen LogP contribution in [-0.4, -0.2) is 29.4 Å². The summed E-state index contributed by atoms with van der Waals surface area (Å²) in [7, 11) is -2.14. The minimum Gasteiger partial charge on any atom is -0.268 e. The van der Waals surface area contributed by atoms with E-state index < -0.39 is 21.2 Å². The van der Waals surface area contributed by atoms with E-state index in [2.05, 4.69) is 9.82 Å². The number of rotatable bonds is 6. The predicted octanol–water partition coefficient (Wildman–Crippen LogP) is 2.69. The molecule has 1 rings (SSSR count). The van der Waals surface area contributed by atoms with E-state index >= 15 is 0 Å². The molecule has 0 saturated heterocycles. The fourth-order valence-electron chi connectivity index (χ4n) is 2.21. The van der Waals surface area contributed by atoms with Crippen molar-refractivity contribution < 1.29 is 13.2 Å². The van der Waals surface area contributed by atoms with Crippen molar-refractivity contribution >= 4 is 27.5 Å². The van der Waals surface area contributed by atoms with Gasteiger partial charge in [-0.15, -0.1) is 0 Å². The molecule has 1 unspecified atom stereocenters. The van der Waals surface area contributed by atoms with Gasteiger partial charge in [-0.2, -0.15) is 5.10 Å². The Hall–Kier alpha value is -1.08. The maximum Gasteiger partial charge on any atom is 0.269 e. The van der Waals surface area contributed by atoms with Crippen molar-refractivity contribution in [2.24, 2.45) is 13.0 Å². The first kappa shape index (κ1) is 19.0. The molecule has 1 atom stereocenters. The summed E-state index contributed by atoms with van der Waals surface area (Å²) in [5, 5.41) is 3.66. The highest BCUT2D eigenvalue weighted by atomic mass is 35.5. The van der Waals surface area contributed by atoms with Crippen molar-refractivity contribution in [2.75, 3.05) is 0 Å². The van der Waals surface area contributed by atoms with E-state index in [1.54, 1.807) is 14.0 Å². The number of sulfonamides is 1. The molecule has 22 heavy (non-hydrogen) atoms. The third kappa shape index (κ3) is 4.23. The van der Waals surface area contributed by atoms with Gasteiger partial charge in [-0.1, -0.05) is 39.3 Å². The van der Waals surface area contributed by atoms with Gasteiger partial charge in [-0.3, -0.25) is 9.48 Å². The van der Waals surface area contributed by atoms with Crippen LogP contribution in [0.4, 0.5) is 0 Å². The Kier molecular flexibility index (Phi) is 6.03. The Bertz CT molecular complexity index is 651. The standard InChI is InChI=1S/C14H24ClN3O3S/c1-8(2)7-10(5)22(20,21)17-14(19)11-12(9(3)4)16-18(6)13(11)15/h8-10H,7H2,1-6H3,(H,17,19). The number of carbonyl (C=O) groups excluding carboxylic acids is 1. The molecular weight excluding hydrogens is 326 g/mol. The summed E-state index contributed by atoms with van der Waals surface area (Å²) < 4.78 is 28.0. The molecule has 1 N–H and O–H groups in total. The van der Waals surface area contributed by atoms with Gasteiger partial charge < -0.3 is 0 Å². The van der Waals surface area contributed by atoms with Gasteiger partial charge in [0.15, 0.2) is 0 Å². The first-order chi connectivity index (χ1) is 9.97. The SMILES string of the molecule is CC(C)CC(C)S(=O)(=O)NC(=O)c1c(C(C)C)nn(C)c1Cl. The van der Waals surface area contributed by atoms with Crippen LogP contribution < -0.4 is 4.72 Å². The zero-order valence-electron chi connectivity index (χ0n) is 13.8. The van der Waals surface area contributed by atoms with Crippen molar-refractivity contribution in [1.29, 1.82) is 0 Å². The number of nitrogens with zero attached hydrogens (tertiary/aromatic N) is 2. The molecule has 0 fully saturated rings. The molecule has 0 radical (unpaired) electrons. The summed E-state index contributed by atoms with van der Waals surface area (Å²) in [4.78, 5) is 12.4. The molecule has 1 aromatic rings. The highest BCUT2D eigenvalue weighted by Crippen LogP contribution is 2.25. The summed E-state index contributed by atoms with van der Waals surface area (Å²) in [5.41, 5.74) is 0.608. The van der Waals surface area contributed by atoms with E-state index in [-0.39, 0.29) is 22.6 Å². The van der Waals surface area contributed by atoms with Crippen LogP contribution in [0.2, 0.25) is 5.15 Å². The van der Waals surface area contributed by atoms with Crippen molar-refractivity contribution in [3.8, 4) is 0 Å². The van der Waals surface area contributed by atoms with Crippen LogP contribution >= 0.6 is 11.6 Å². The van der Waals surface area contributed by atoms with Gasteiger partial charge in [0.05, 0.1) is 10.9 Å². The third-order valence-corrected chi connectivity index (χ3v) is 5.50. The number of amides is 1. The smallest absolute Gasteiger partial charge is 0.268 e. The van der Waals surface area contributed by atoms with Gasteiger partial charge in [0.25, 0.3) is 5.91 Å². The van der Waals surface area contributed by atoms with Crippen molar-refractivity contribution in [2.45, 2.75) is 52.2 Å². The lowest BCUT2D eigenvalue weighted by molar-refractivity contribution is 0.0980. The summed E-state index contributed by atoms with van der Waals surface area (Å²) in [6, 6.07) is 0. The summed E-state index contributed by atoms with van der Waals surface area (Å²) in [6.07, 6.45) is 0.473. The van der Waals surface area contributed by atoms with E-state index in [0.29, 0.717) is 12.1 Å². The summed E-state index contributed by atoms with van der Waals surface area (Å²) >= 11 is 6.09. The largest absolute Gasteiger partial charge is 0.269 e. The molecular formula is C14H24ClN3O3S. The highest BCUT2D eigenvalue weighted by molar-refractivity contribution is 7.90. The average molecular weight is 350 g/mol. The molecule has 8 heteroatoms. The molecule has 0 aromatic carbocycles. The minimum absolute atomic E-state index is 0.0461. The second kappa shape index (κ2) is 7.00. The topological polar surface area (TPSA) is 81.1 Å².